The molecule has 0 radical (unpaired) electrons. The molecule has 2 aromatic rings. The number of aromatic nitrogens is 3. The van der Waals surface area contributed by atoms with Gasteiger partial charge in [0.05, 0.1) is 10.9 Å². The van der Waals surface area contributed by atoms with Gasteiger partial charge in [-0.05, 0) is 43.7 Å². The van der Waals surface area contributed by atoms with Crippen molar-refractivity contribution in [3.8, 4) is 0 Å². The van der Waals surface area contributed by atoms with E-state index >= 15 is 0 Å². The monoisotopic (exact) mass is 290 g/mol. The lowest BCUT2D eigenvalue weighted by Gasteiger charge is -2.16. The molecule has 0 aromatic carbocycles. The third-order valence-corrected chi connectivity index (χ3v) is 4.98. The molecule has 1 amide bonds. The zero-order valence-electron chi connectivity index (χ0n) is 11.6. The van der Waals surface area contributed by atoms with Crippen molar-refractivity contribution in [2.75, 3.05) is 0 Å². The predicted octanol–water partition coefficient (Wildman–Crippen LogP) is 2.48. The highest BCUT2D eigenvalue weighted by atomic mass is 32.1. The summed E-state index contributed by atoms with van der Waals surface area (Å²) < 4.78 is 0. The standard InChI is InChI=1S/C14H18N4OS/c1-8-3-4-11-10(5-8)6-12(20-11)14(19)17-9(2)13-15-7-16-18-13/h6-9H,3-5H2,1-2H3,(H,17,19)(H,15,16,18). The van der Waals surface area contributed by atoms with E-state index < -0.39 is 0 Å². The highest BCUT2D eigenvalue weighted by molar-refractivity contribution is 7.14. The number of amides is 1. The maximum absolute atomic E-state index is 12.3. The molecule has 2 aromatic heterocycles. The quantitative estimate of drug-likeness (QED) is 0.912. The van der Waals surface area contributed by atoms with Gasteiger partial charge >= 0.3 is 0 Å². The number of carbonyl (C=O) groups excluding carboxylic acids is 1. The summed E-state index contributed by atoms with van der Waals surface area (Å²) in [6.45, 7) is 4.17. The maximum Gasteiger partial charge on any atom is 0.261 e. The van der Waals surface area contributed by atoms with E-state index in [9.17, 15) is 4.79 Å². The van der Waals surface area contributed by atoms with E-state index in [0.29, 0.717) is 5.82 Å². The van der Waals surface area contributed by atoms with Gasteiger partial charge in [-0.2, -0.15) is 5.10 Å². The summed E-state index contributed by atoms with van der Waals surface area (Å²) in [4.78, 5) is 18.5. The molecule has 0 saturated heterocycles. The van der Waals surface area contributed by atoms with Crippen molar-refractivity contribution in [2.24, 2.45) is 5.92 Å². The van der Waals surface area contributed by atoms with Crippen LogP contribution in [-0.2, 0) is 12.8 Å². The zero-order chi connectivity index (χ0) is 14.1. The summed E-state index contributed by atoms with van der Waals surface area (Å²) in [6.07, 6.45) is 4.87. The third-order valence-electron chi connectivity index (χ3n) is 3.74. The summed E-state index contributed by atoms with van der Waals surface area (Å²) in [5, 5.41) is 9.53. The minimum absolute atomic E-state index is 0.0269. The summed E-state index contributed by atoms with van der Waals surface area (Å²) in [5.41, 5.74) is 1.35. The first-order chi connectivity index (χ1) is 9.63. The molecule has 2 N–H and O–H groups in total. The van der Waals surface area contributed by atoms with Crippen molar-refractivity contribution in [2.45, 2.75) is 39.2 Å². The molecule has 2 heterocycles. The largest absolute Gasteiger partial charge is 0.342 e. The van der Waals surface area contributed by atoms with Crippen molar-refractivity contribution in [1.82, 2.24) is 20.5 Å². The van der Waals surface area contributed by atoms with Gasteiger partial charge in [-0.15, -0.1) is 11.3 Å². The van der Waals surface area contributed by atoms with Gasteiger partial charge in [-0.25, -0.2) is 4.98 Å². The molecule has 1 aliphatic rings. The van der Waals surface area contributed by atoms with Gasteiger partial charge in [0.2, 0.25) is 0 Å². The van der Waals surface area contributed by atoms with Crippen molar-refractivity contribution in [1.29, 1.82) is 0 Å². The van der Waals surface area contributed by atoms with E-state index in [2.05, 4.69) is 33.5 Å². The number of nitrogens with zero attached hydrogens (tertiary/aromatic N) is 2. The number of fused-ring (bicyclic) bond motifs is 1. The highest BCUT2D eigenvalue weighted by Gasteiger charge is 2.21. The minimum Gasteiger partial charge on any atom is -0.342 e. The van der Waals surface area contributed by atoms with Gasteiger partial charge in [0.25, 0.3) is 5.91 Å². The molecular weight excluding hydrogens is 272 g/mol. The van der Waals surface area contributed by atoms with E-state index in [0.717, 1.165) is 23.6 Å². The second kappa shape index (κ2) is 5.36. The van der Waals surface area contributed by atoms with E-state index in [1.807, 2.05) is 6.92 Å². The Morgan fingerprint density at radius 1 is 1.60 bits per heavy atom. The van der Waals surface area contributed by atoms with Crippen LogP contribution in [0.4, 0.5) is 0 Å². The van der Waals surface area contributed by atoms with Crippen LogP contribution in [0.1, 0.15) is 52.2 Å². The maximum atomic E-state index is 12.3. The summed E-state index contributed by atoms with van der Waals surface area (Å²) in [5.74, 6) is 1.37. The number of rotatable bonds is 3. The van der Waals surface area contributed by atoms with E-state index in [4.69, 9.17) is 0 Å². The lowest BCUT2D eigenvalue weighted by Crippen LogP contribution is -2.26. The Hall–Kier alpha value is -1.69. The Balaban J connectivity index is 1.72. The summed E-state index contributed by atoms with van der Waals surface area (Å²) >= 11 is 1.63. The molecule has 0 bridgehead atoms. The number of hydrogen-bond donors (Lipinski definition) is 2. The molecule has 5 nitrogen and oxygen atoms in total. The second-order valence-corrected chi connectivity index (χ2v) is 6.61. The Morgan fingerprint density at radius 3 is 3.20 bits per heavy atom. The number of H-pyrrole nitrogens is 1. The fraction of sp³-hybridized carbons (Fsp3) is 0.500. The van der Waals surface area contributed by atoms with Crippen LogP contribution >= 0.6 is 11.3 Å². The Labute approximate surface area is 121 Å². The lowest BCUT2D eigenvalue weighted by molar-refractivity contribution is 0.0942. The predicted molar refractivity (Wildman–Crippen MR) is 77.8 cm³/mol. The van der Waals surface area contributed by atoms with E-state index in [-0.39, 0.29) is 11.9 Å². The molecule has 2 atom stereocenters. The normalized spacial score (nSPS) is 19.4. The van der Waals surface area contributed by atoms with Crippen LogP contribution in [0, 0.1) is 5.92 Å². The van der Waals surface area contributed by atoms with Gasteiger partial charge in [0.1, 0.15) is 12.2 Å². The number of nitrogens with one attached hydrogen (secondary N) is 2. The topological polar surface area (TPSA) is 70.7 Å². The zero-order valence-corrected chi connectivity index (χ0v) is 12.5. The van der Waals surface area contributed by atoms with Crippen LogP contribution in [0.15, 0.2) is 12.4 Å². The Kier molecular flexibility index (Phi) is 3.56. The molecule has 0 saturated carbocycles. The second-order valence-electron chi connectivity index (χ2n) is 5.47. The first-order valence-electron chi connectivity index (χ1n) is 6.91. The SMILES string of the molecule is CC1CCc2sc(C(=O)NC(C)c3ncn[nH]3)cc2C1. The average Bonchev–Trinajstić information content (AvgIpc) is 3.07. The van der Waals surface area contributed by atoms with Gasteiger partial charge in [-0.1, -0.05) is 6.92 Å². The minimum atomic E-state index is -0.164. The Bertz CT molecular complexity index is 605. The van der Waals surface area contributed by atoms with E-state index in [1.54, 1.807) is 11.3 Å². The van der Waals surface area contributed by atoms with Crippen molar-refractivity contribution in [3.63, 3.8) is 0 Å². The molecule has 1 aliphatic carbocycles. The molecule has 0 aliphatic heterocycles. The van der Waals surface area contributed by atoms with Crippen LogP contribution < -0.4 is 5.32 Å². The van der Waals surface area contributed by atoms with Crippen LogP contribution in [0.3, 0.4) is 0 Å². The first kappa shape index (κ1) is 13.3. The van der Waals surface area contributed by atoms with Crippen LogP contribution in [0.25, 0.3) is 0 Å². The molecular formula is C14H18N4OS. The molecule has 0 spiro atoms. The third kappa shape index (κ3) is 2.60. The fourth-order valence-corrected chi connectivity index (χ4v) is 3.69. The number of hydrogen-bond acceptors (Lipinski definition) is 4. The van der Waals surface area contributed by atoms with Gasteiger partial charge in [0, 0.05) is 4.88 Å². The van der Waals surface area contributed by atoms with Crippen molar-refractivity contribution < 1.29 is 4.79 Å². The molecule has 2 unspecified atom stereocenters. The number of aromatic amines is 1. The molecule has 106 valence electrons. The summed E-state index contributed by atoms with van der Waals surface area (Å²) in [7, 11) is 0. The first-order valence-corrected chi connectivity index (χ1v) is 7.73. The molecule has 0 fully saturated rings. The van der Waals surface area contributed by atoms with Crippen LogP contribution in [0.5, 0.6) is 0 Å². The smallest absolute Gasteiger partial charge is 0.261 e. The van der Waals surface area contributed by atoms with Crippen molar-refractivity contribution in [3.05, 3.63) is 33.5 Å². The molecule has 6 heteroatoms. The number of aryl methyl sites for hydroxylation is 1. The summed E-state index contributed by atoms with van der Waals surface area (Å²) in [6, 6.07) is 1.89. The lowest BCUT2D eigenvalue weighted by atomic mass is 9.90. The van der Waals surface area contributed by atoms with Gasteiger partial charge in [0.15, 0.2) is 0 Å². The number of carbonyl (C=O) groups is 1. The van der Waals surface area contributed by atoms with Crippen LogP contribution in [-0.4, -0.2) is 21.1 Å². The van der Waals surface area contributed by atoms with Gasteiger partial charge < -0.3 is 5.32 Å². The average molecular weight is 290 g/mol. The Morgan fingerprint density at radius 2 is 2.45 bits per heavy atom. The molecule has 20 heavy (non-hydrogen) atoms. The van der Waals surface area contributed by atoms with Crippen molar-refractivity contribution >= 4 is 17.2 Å². The number of thiophene rings is 1. The highest BCUT2D eigenvalue weighted by Crippen LogP contribution is 2.32. The van der Waals surface area contributed by atoms with Gasteiger partial charge in [-0.3, -0.25) is 9.89 Å². The van der Waals surface area contributed by atoms with Crippen LogP contribution in [0.2, 0.25) is 0 Å². The fourth-order valence-electron chi connectivity index (χ4n) is 2.58. The van der Waals surface area contributed by atoms with E-state index in [1.165, 1.54) is 23.2 Å². The molecule has 3 rings (SSSR count).